The normalized spacial score (nSPS) is 23.6. The van der Waals surface area contributed by atoms with E-state index in [0.29, 0.717) is 6.61 Å². The number of quaternary nitrogens is 1. The highest BCUT2D eigenvalue weighted by molar-refractivity contribution is 8.13. The van der Waals surface area contributed by atoms with Gasteiger partial charge in [-0.1, -0.05) is 6.92 Å². The minimum atomic E-state index is -6.72. The van der Waals surface area contributed by atoms with Crippen molar-refractivity contribution < 1.29 is 57.1 Å². The van der Waals surface area contributed by atoms with Crippen molar-refractivity contribution in [2.24, 2.45) is 5.92 Å². The average Bonchev–Trinajstić information content (AvgIpc) is 2.52. The Bertz CT molecular complexity index is 684. The highest BCUT2D eigenvalue weighted by Crippen LogP contribution is 2.36. The summed E-state index contributed by atoms with van der Waals surface area (Å²) in [6.07, 6.45) is 2.77. The van der Waals surface area contributed by atoms with Gasteiger partial charge in [-0.2, -0.15) is 26.3 Å². The van der Waals surface area contributed by atoms with Crippen LogP contribution in [0, 0.1) is 5.92 Å². The number of hydrogen-bond acceptors (Lipinski definition) is 6. The first kappa shape index (κ1) is 29.3. The van der Waals surface area contributed by atoms with Gasteiger partial charge in [0.05, 0.1) is 40.0 Å². The monoisotopic (exact) mass is 496 g/mol. The number of methoxy groups -OCH3 is 1. The Balaban J connectivity index is 0.000000561. The predicted molar refractivity (Wildman–Crippen MR) is 95.2 cm³/mol. The van der Waals surface area contributed by atoms with E-state index in [1.54, 1.807) is 7.11 Å². The maximum Gasteiger partial charge on any atom is 0.480 e. The first-order valence-corrected chi connectivity index (χ1v) is 11.5. The fourth-order valence-corrected chi connectivity index (χ4v) is 4.41. The van der Waals surface area contributed by atoms with E-state index in [4.69, 9.17) is 9.47 Å². The third-order valence-electron chi connectivity index (χ3n) is 4.14. The Morgan fingerprint density at radius 1 is 0.967 bits per heavy atom. The minimum Gasteiger partial charge on any atom is -0.421 e. The van der Waals surface area contributed by atoms with E-state index in [0.717, 1.165) is 29.8 Å². The first-order valence-electron chi connectivity index (χ1n) is 8.64. The number of hydrogen-bond donors (Lipinski definition) is 0. The van der Waals surface area contributed by atoms with Gasteiger partial charge in [0.2, 0.25) is 0 Å². The van der Waals surface area contributed by atoms with Crippen LogP contribution in [-0.4, -0.2) is 85.9 Å². The summed E-state index contributed by atoms with van der Waals surface area (Å²) < 4.78 is 121. The lowest BCUT2D eigenvalue weighted by Crippen LogP contribution is -2.52. The van der Waals surface area contributed by atoms with E-state index in [9.17, 15) is 43.2 Å². The average molecular weight is 496 g/mol. The van der Waals surface area contributed by atoms with Gasteiger partial charge < -0.3 is 18.1 Å². The summed E-state index contributed by atoms with van der Waals surface area (Å²) in [4.78, 5) is 0. The predicted octanol–water partition coefficient (Wildman–Crippen LogP) is 2.59. The molecule has 0 aliphatic carbocycles. The van der Waals surface area contributed by atoms with Gasteiger partial charge >= 0.3 is 11.0 Å². The van der Waals surface area contributed by atoms with Crippen LogP contribution in [0.5, 0.6) is 0 Å². The number of likely N-dealkylation sites (N-methyl/N-ethyl adjacent to an activating group) is 1. The van der Waals surface area contributed by atoms with Gasteiger partial charge in [0, 0.05) is 13.0 Å². The van der Waals surface area contributed by atoms with E-state index in [-0.39, 0.29) is 0 Å². The summed E-state index contributed by atoms with van der Waals surface area (Å²) in [5, 5.41) is 0. The van der Waals surface area contributed by atoms with Crippen LogP contribution in [0.15, 0.2) is 0 Å². The molecule has 1 aliphatic heterocycles. The smallest absolute Gasteiger partial charge is 0.421 e. The SMILES string of the molecule is COCCOCC[N+]1(C)CCCC(C)C1.O=S(=O)([N-]S(=O)(=O)C(F)(F)F)C(F)(F)F. The summed E-state index contributed by atoms with van der Waals surface area (Å²) in [5.74, 6) is 0.878. The number of nitrogens with zero attached hydrogens (tertiary/aromatic N) is 2. The van der Waals surface area contributed by atoms with Gasteiger partial charge in [-0.25, -0.2) is 16.8 Å². The van der Waals surface area contributed by atoms with Crippen LogP contribution in [-0.2, 0) is 29.5 Å². The third kappa shape index (κ3) is 10.1. The molecule has 1 saturated heterocycles. The van der Waals surface area contributed by atoms with Gasteiger partial charge in [-0.15, -0.1) is 0 Å². The van der Waals surface area contributed by atoms with E-state index in [1.807, 2.05) is 0 Å². The maximum absolute atomic E-state index is 11.4. The van der Waals surface area contributed by atoms with Crippen molar-refractivity contribution in [3.8, 4) is 0 Å². The lowest BCUT2D eigenvalue weighted by molar-refractivity contribution is -0.917. The standard InChI is InChI=1S/C12H26NO2.C2F6NO4S2/c1-12-5-4-6-13(2,11-12)7-8-15-10-9-14-3;3-1(4,5)14(10,11)9-15(12,13)2(6,7)8/h12H,4-11H2,1-3H3;/q+1;-1. The van der Waals surface area contributed by atoms with Crippen LogP contribution in [0.3, 0.4) is 0 Å². The molecule has 182 valence electrons. The number of halogens is 6. The van der Waals surface area contributed by atoms with Gasteiger partial charge in [0.1, 0.15) is 6.54 Å². The van der Waals surface area contributed by atoms with E-state index in [2.05, 4.69) is 14.0 Å². The fraction of sp³-hybridized carbons (Fsp3) is 1.00. The Kier molecular flexibility index (Phi) is 11.0. The van der Waals surface area contributed by atoms with Crippen molar-refractivity contribution in [1.82, 2.24) is 0 Å². The Morgan fingerprint density at radius 2 is 1.47 bits per heavy atom. The number of piperidine rings is 1. The van der Waals surface area contributed by atoms with Crippen molar-refractivity contribution >= 4 is 20.0 Å². The molecular formula is C14H26F6N2O6S2. The largest absolute Gasteiger partial charge is 0.480 e. The molecule has 0 bridgehead atoms. The van der Waals surface area contributed by atoms with E-state index < -0.39 is 31.1 Å². The molecule has 0 spiro atoms. The fourth-order valence-electron chi connectivity index (χ4n) is 2.70. The highest BCUT2D eigenvalue weighted by atomic mass is 32.3. The molecule has 16 heteroatoms. The molecule has 1 heterocycles. The zero-order valence-corrected chi connectivity index (χ0v) is 18.3. The summed E-state index contributed by atoms with van der Waals surface area (Å²) in [5.41, 5.74) is -12.4. The second-order valence-corrected chi connectivity index (χ2v) is 10.4. The van der Waals surface area contributed by atoms with E-state index >= 15 is 0 Å². The molecular weight excluding hydrogens is 470 g/mol. The van der Waals surface area contributed by atoms with Crippen molar-refractivity contribution in [3.05, 3.63) is 4.13 Å². The molecule has 1 aliphatic rings. The topological polar surface area (TPSA) is 101 Å². The van der Waals surface area contributed by atoms with Crippen molar-refractivity contribution in [1.29, 1.82) is 0 Å². The number of alkyl halides is 6. The van der Waals surface area contributed by atoms with Gasteiger partial charge in [0.15, 0.2) is 20.0 Å². The Labute approximate surface area is 172 Å². The molecule has 1 rings (SSSR count). The molecule has 0 amide bonds. The first-order chi connectivity index (χ1) is 13.4. The molecule has 0 N–H and O–H groups in total. The summed E-state index contributed by atoms with van der Waals surface area (Å²) >= 11 is 0. The summed E-state index contributed by atoms with van der Waals surface area (Å²) in [6, 6.07) is 0. The maximum atomic E-state index is 11.4. The second kappa shape index (κ2) is 11.3. The second-order valence-electron chi connectivity index (χ2n) is 7.02. The molecule has 0 aromatic rings. The van der Waals surface area contributed by atoms with Gasteiger partial charge in [-0.05, 0) is 12.8 Å². The molecule has 0 aromatic heterocycles. The van der Waals surface area contributed by atoms with E-state index in [1.165, 1.54) is 30.4 Å². The molecule has 2 unspecified atom stereocenters. The van der Waals surface area contributed by atoms with Crippen LogP contribution in [0.25, 0.3) is 4.13 Å². The summed E-state index contributed by atoms with van der Waals surface area (Å²) in [6.45, 7) is 8.44. The van der Waals surface area contributed by atoms with Crippen LogP contribution in [0.1, 0.15) is 19.8 Å². The quantitative estimate of drug-likeness (QED) is 0.291. The zero-order chi connectivity index (χ0) is 23.9. The third-order valence-corrected chi connectivity index (χ3v) is 6.88. The highest BCUT2D eigenvalue weighted by Gasteiger charge is 2.46. The van der Waals surface area contributed by atoms with Crippen molar-refractivity contribution in [3.63, 3.8) is 0 Å². The van der Waals surface area contributed by atoms with Crippen LogP contribution >= 0.6 is 0 Å². The molecule has 8 nitrogen and oxygen atoms in total. The van der Waals surface area contributed by atoms with Gasteiger partial charge in [0.25, 0.3) is 0 Å². The number of likely N-dealkylation sites (tertiary alicyclic amines) is 1. The number of ether oxygens (including phenoxy) is 2. The minimum absolute atomic E-state index is 0.708. The van der Waals surface area contributed by atoms with Crippen molar-refractivity contribution in [2.75, 3.05) is 53.6 Å². The van der Waals surface area contributed by atoms with Crippen LogP contribution in [0.2, 0.25) is 0 Å². The molecule has 2 atom stereocenters. The van der Waals surface area contributed by atoms with Gasteiger partial charge in [-0.3, -0.25) is 0 Å². The molecule has 0 radical (unpaired) electrons. The number of rotatable bonds is 8. The lowest BCUT2D eigenvalue weighted by atomic mass is 9.98. The van der Waals surface area contributed by atoms with Crippen LogP contribution < -0.4 is 0 Å². The number of sulfonamides is 2. The molecule has 1 fully saturated rings. The molecule has 30 heavy (non-hydrogen) atoms. The Morgan fingerprint density at radius 3 is 1.87 bits per heavy atom. The lowest BCUT2D eigenvalue weighted by Gasteiger charge is -2.40. The van der Waals surface area contributed by atoms with Crippen molar-refractivity contribution in [2.45, 2.75) is 30.8 Å². The molecule has 0 saturated carbocycles. The Hall–Kier alpha value is -0.680. The zero-order valence-electron chi connectivity index (χ0n) is 16.7. The summed E-state index contributed by atoms with van der Waals surface area (Å²) in [7, 11) is -9.37. The van der Waals surface area contributed by atoms with Crippen LogP contribution in [0.4, 0.5) is 26.3 Å². The molecule has 0 aromatic carbocycles.